The number of carboxylic acids is 3. The number of likely N-dealkylation sites (tertiary alicyclic amines) is 2. The van der Waals surface area contributed by atoms with Crippen LogP contribution in [0, 0.1) is 11.2 Å². The summed E-state index contributed by atoms with van der Waals surface area (Å²) in [6, 6.07) is 6.65. The Morgan fingerprint density at radius 1 is 0.892 bits per heavy atom. The Balaban J connectivity index is 0.000000317. The monoisotopic (exact) mass is 526 g/mol. The molecule has 11 heteroatoms. The molecule has 2 aliphatic rings. The number of nitrogens with zero attached hydrogens (tertiary/aromatic N) is 2. The molecule has 1 aromatic carbocycles. The van der Waals surface area contributed by atoms with E-state index in [0.29, 0.717) is 18.4 Å². The number of hydrogen-bond donors (Lipinski definition) is 5. The van der Waals surface area contributed by atoms with E-state index in [-0.39, 0.29) is 11.2 Å². The highest BCUT2D eigenvalue weighted by Crippen LogP contribution is 2.35. The van der Waals surface area contributed by atoms with Crippen molar-refractivity contribution >= 4 is 17.9 Å². The normalized spacial score (nSPS) is 18.6. The second-order valence-corrected chi connectivity index (χ2v) is 10.9. The first-order chi connectivity index (χ1) is 17.2. The lowest BCUT2D eigenvalue weighted by molar-refractivity contribution is -0.170. The Hall–Kier alpha value is -2.60. The molecule has 0 atom stereocenters. The van der Waals surface area contributed by atoms with Crippen LogP contribution in [-0.2, 0) is 20.0 Å². The molecule has 2 saturated heterocycles. The van der Waals surface area contributed by atoms with Crippen LogP contribution in [0.5, 0.6) is 0 Å². The zero-order chi connectivity index (χ0) is 27.9. The van der Waals surface area contributed by atoms with Gasteiger partial charge in [-0.1, -0.05) is 32.0 Å². The van der Waals surface area contributed by atoms with Crippen LogP contribution in [0.4, 0.5) is 4.39 Å². The molecule has 0 aliphatic carbocycles. The van der Waals surface area contributed by atoms with Crippen molar-refractivity contribution in [3.05, 3.63) is 35.6 Å². The van der Waals surface area contributed by atoms with E-state index < -0.39 is 42.0 Å². The molecule has 5 N–H and O–H groups in total. The molecule has 0 spiro atoms. The van der Waals surface area contributed by atoms with Gasteiger partial charge in [0.1, 0.15) is 5.82 Å². The van der Waals surface area contributed by atoms with E-state index in [1.54, 1.807) is 12.1 Å². The van der Waals surface area contributed by atoms with Gasteiger partial charge in [-0.25, -0.2) is 9.18 Å². The van der Waals surface area contributed by atoms with Crippen LogP contribution in [-0.4, -0.2) is 98.1 Å². The summed E-state index contributed by atoms with van der Waals surface area (Å²) >= 11 is 0. The smallest absolute Gasteiger partial charge is 0.336 e. The van der Waals surface area contributed by atoms with Crippen molar-refractivity contribution in [1.82, 2.24) is 9.80 Å². The zero-order valence-electron chi connectivity index (χ0n) is 21.5. The van der Waals surface area contributed by atoms with Crippen molar-refractivity contribution in [3.8, 4) is 0 Å². The fourth-order valence-electron chi connectivity index (χ4n) is 5.10. The molecule has 2 fully saturated rings. The summed E-state index contributed by atoms with van der Waals surface area (Å²) in [5.41, 5.74) is -3.04. The Morgan fingerprint density at radius 2 is 1.35 bits per heavy atom. The fraction of sp³-hybridized carbons (Fsp3) is 0.654. The topological polar surface area (TPSA) is 159 Å². The number of halogens is 1. The van der Waals surface area contributed by atoms with E-state index in [1.165, 1.54) is 32.0 Å². The largest absolute Gasteiger partial charge is 0.481 e. The minimum absolute atomic E-state index is 0.248. The maximum Gasteiger partial charge on any atom is 0.336 e. The summed E-state index contributed by atoms with van der Waals surface area (Å²) in [5.74, 6) is -5.31. The molecular weight excluding hydrogens is 487 g/mol. The molecule has 10 nitrogen and oxygen atoms in total. The number of hydrogen-bond acceptors (Lipinski definition) is 7. The van der Waals surface area contributed by atoms with Gasteiger partial charge in [0.2, 0.25) is 0 Å². The van der Waals surface area contributed by atoms with E-state index in [2.05, 4.69) is 23.6 Å². The van der Waals surface area contributed by atoms with Crippen molar-refractivity contribution in [1.29, 1.82) is 0 Å². The number of aliphatic carboxylic acids is 3. The molecular formula is C26H39FN2O8. The molecule has 2 aliphatic heterocycles. The molecule has 0 bridgehead atoms. The lowest BCUT2D eigenvalue weighted by Crippen LogP contribution is -2.48. The Morgan fingerprint density at radius 3 is 1.78 bits per heavy atom. The summed E-state index contributed by atoms with van der Waals surface area (Å²) in [7, 11) is 0. The lowest BCUT2D eigenvalue weighted by atomic mass is 9.83. The third-order valence-corrected chi connectivity index (χ3v) is 6.85. The van der Waals surface area contributed by atoms with E-state index in [9.17, 15) is 23.9 Å². The SMILES string of the molecule is CC(C)(CN1CCCC1)CN1CCC(O)(c2ccccc2F)CC1.O=C(O)CC(O)(CC(=O)O)C(=O)O. The van der Waals surface area contributed by atoms with E-state index in [1.807, 2.05) is 6.07 Å². The zero-order valence-corrected chi connectivity index (χ0v) is 21.5. The molecule has 0 aromatic heterocycles. The van der Waals surface area contributed by atoms with Crippen molar-refractivity contribution in [2.75, 3.05) is 39.3 Å². The van der Waals surface area contributed by atoms with Crippen molar-refractivity contribution in [2.24, 2.45) is 5.41 Å². The van der Waals surface area contributed by atoms with Crippen LogP contribution >= 0.6 is 0 Å². The standard InChI is InChI=1S/C20H31FN2O.C6H8O7/c1-19(2,15-22-11-5-6-12-22)16-23-13-9-20(24,10-14-23)17-7-3-4-8-18(17)21;7-3(8)1-6(13,5(11)12)2-4(9)10/h3-4,7-8,24H,5-6,9-16H2,1-2H3;13H,1-2H2,(H,7,8)(H,9,10)(H,11,12). The molecule has 3 rings (SSSR count). The third-order valence-electron chi connectivity index (χ3n) is 6.85. The van der Waals surface area contributed by atoms with Gasteiger partial charge in [-0.3, -0.25) is 9.59 Å². The van der Waals surface area contributed by atoms with Crippen LogP contribution < -0.4 is 0 Å². The highest BCUT2D eigenvalue weighted by Gasteiger charge is 2.41. The second-order valence-electron chi connectivity index (χ2n) is 10.9. The maximum absolute atomic E-state index is 14.0. The minimum atomic E-state index is -2.74. The highest BCUT2D eigenvalue weighted by molar-refractivity contribution is 5.88. The maximum atomic E-state index is 14.0. The molecule has 0 unspecified atom stereocenters. The minimum Gasteiger partial charge on any atom is -0.481 e. The van der Waals surface area contributed by atoms with E-state index in [0.717, 1.165) is 26.2 Å². The first-order valence-corrected chi connectivity index (χ1v) is 12.5. The van der Waals surface area contributed by atoms with E-state index >= 15 is 0 Å². The Kier molecular flexibility index (Phi) is 10.6. The lowest BCUT2D eigenvalue weighted by Gasteiger charge is -2.42. The molecule has 0 radical (unpaired) electrons. The predicted molar refractivity (Wildman–Crippen MR) is 133 cm³/mol. The van der Waals surface area contributed by atoms with Gasteiger partial charge in [-0.15, -0.1) is 0 Å². The summed E-state index contributed by atoms with van der Waals surface area (Å²) in [6.07, 6.45) is 1.58. The van der Waals surface area contributed by atoms with Crippen molar-refractivity contribution < 1.29 is 44.3 Å². The number of aliphatic hydroxyl groups is 2. The first-order valence-electron chi connectivity index (χ1n) is 12.5. The molecule has 1 aromatic rings. The van der Waals surface area contributed by atoms with Crippen LogP contribution in [0.2, 0.25) is 0 Å². The van der Waals surface area contributed by atoms with Gasteiger partial charge in [-0.2, -0.15) is 0 Å². The van der Waals surface area contributed by atoms with Crippen LogP contribution in [0.1, 0.15) is 57.9 Å². The van der Waals surface area contributed by atoms with Crippen LogP contribution in [0.15, 0.2) is 24.3 Å². The summed E-state index contributed by atoms with van der Waals surface area (Å²) in [4.78, 5) is 35.5. The average molecular weight is 527 g/mol. The van der Waals surface area contributed by atoms with Gasteiger partial charge in [0.05, 0.1) is 18.4 Å². The quantitative estimate of drug-likeness (QED) is 0.305. The van der Waals surface area contributed by atoms with Gasteiger partial charge in [0.15, 0.2) is 5.60 Å². The molecule has 2 heterocycles. The number of carbonyl (C=O) groups is 3. The summed E-state index contributed by atoms with van der Waals surface area (Å²) < 4.78 is 14.0. The van der Waals surface area contributed by atoms with Crippen molar-refractivity contribution in [3.63, 3.8) is 0 Å². The predicted octanol–water partition coefficient (Wildman–Crippen LogP) is 1.98. The van der Waals surface area contributed by atoms with Gasteiger partial charge >= 0.3 is 17.9 Å². The van der Waals surface area contributed by atoms with Crippen LogP contribution in [0.25, 0.3) is 0 Å². The number of piperidine rings is 1. The van der Waals surface area contributed by atoms with Crippen LogP contribution in [0.3, 0.4) is 0 Å². The number of carboxylic acid groups (broad SMARTS) is 3. The second kappa shape index (κ2) is 12.8. The Labute approximate surface area is 216 Å². The first kappa shape index (κ1) is 30.6. The number of rotatable bonds is 10. The van der Waals surface area contributed by atoms with Gasteiger partial charge < -0.3 is 35.3 Å². The third kappa shape index (κ3) is 9.33. The number of benzene rings is 1. The molecule has 208 valence electrons. The Bertz CT molecular complexity index is 924. The molecule has 37 heavy (non-hydrogen) atoms. The molecule has 0 amide bonds. The average Bonchev–Trinajstić information content (AvgIpc) is 3.27. The molecule has 0 saturated carbocycles. The van der Waals surface area contributed by atoms with Gasteiger partial charge in [0.25, 0.3) is 0 Å². The highest BCUT2D eigenvalue weighted by atomic mass is 19.1. The van der Waals surface area contributed by atoms with Crippen molar-refractivity contribution in [2.45, 2.75) is 63.6 Å². The van der Waals surface area contributed by atoms with Gasteiger partial charge in [0, 0.05) is 31.7 Å². The summed E-state index contributed by atoms with van der Waals surface area (Å²) in [5, 5.41) is 44.7. The fourth-order valence-corrected chi connectivity index (χ4v) is 5.10. The van der Waals surface area contributed by atoms with Gasteiger partial charge in [-0.05, 0) is 50.3 Å². The van der Waals surface area contributed by atoms with E-state index in [4.69, 9.17) is 20.4 Å². The summed E-state index contributed by atoms with van der Waals surface area (Å²) in [6.45, 7) is 11.0.